The number of para-hydroxylation sites is 1. The van der Waals surface area contributed by atoms with Gasteiger partial charge in [-0.25, -0.2) is 0 Å². The van der Waals surface area contributed by atoms with Crippen LogP contribution >= 0.6 is 0 Å². The maximum atomic E-state index is 11.8. The van der Waals surface area contributed by atoms with Crippen molar-refractivity contribution < 1.29 is 9.90 Å². The van der Waals surface area contributed by atoms with Gasteiger partial charge in [0.15, 0.2) is 5.82 Å². The van der Waals surface area contributed by atoms with Crippen LogP contribution in [0.4, 0.5) is 0 Å². The summed E-state index contributed by atoms with van der Waals surface area (Å²) in [6.07, 6.45) is 4.80. The van der Waals surface area contributed by atoms with E-state index in [1.807, 2.05) is 30.3 Å². The molecule has 0 radical (unpaired) electrons. The molecule has 6 heteroatoms. The Kier molecular flexibility index (Phi) is 3.68. The Morgan fingerprint density at radius 3 is 2.57 bits per heavy atom. The molecule has 0 amide bonds. The van der Waals surface area contributed by atoms with Crippen molar-refractivity contribution >= 4 is 5.97 Å². The molecule has 1 aliphatic carbocycles. The van der Waals surface area contributed by atoms with Crippen molar-refractivity contribution in [2.24, 2.45) is 5.41 Å². The molecule has 0 atom stereocenters. The highest BCUT2D eigenvalue weighted by Crippen LogP contribution is 2.39. The number of carboxylic acids is 1. The lowest BCUT2D eigenvalue weighted by atomic mass is 9.71. The summed E-state index contributed by atoms with van der Waals surface area (Å²) in [4.78, 5) is 11.8. The Hall–Kier alpha value is -2.24. The zero-order valence-electron chi connectivity index (χ0n) is 11.8. The van der Waals surface area contributed by atoms with E-state index in [1.165, 1.54) is 0 Å². The molecule has 0 spiro atoms. The second kappa shape index (κ2) is 5.63. The Balaban J connectivity index is 1.91. The van der Waals surface area contributed by atoms with Crippen LogP contribution in [0.2, 0.25) is 0 Å². The summed E-state index contributed by atoms with van der Waals surface area (Å²) >= 11 is 0. The molecular formula is C15H18N4O2. The van der Waals surface area contributed by atoms with E-state index in [9.17, 15) is 9.90 Å². The summed E-state index contributed by atoms with van der Waals surface area (Å²) in [5.41, 5.74) is 0.133. The van der Waals surface area contributed by atoms with Crippen LogP contribution in [0.15, 0.2) is 30.3 Å². The smallest absolute Gasteiger partial charge is 0.310 e. The summed E-state index contributed by atoms with van der Waals surface area (Å²) in [5, 5.41) is 21.5. The second-order valence-electron chi connectivity index (χ2n) is 5.67. The van der Waals surface area contributed by atoms with Gasteiger partial charge in [-0.2, -0.15) is 4.68 Å². The zero-order valence-corrected chi connectivity index (χ0v) is 11.8. The van der Waals surface area contributed by atoms with Gasteiger partial charge in [-0.15, -0.1) is 5.10 Å². The van der Waals surface area contributed by atoms with E-state index in [4.69, 9.17) is 0 Å². The Bertz CT molecular complexity index is 618. The van der Waals surface area contributed by atoms with E-state index in [0.29, 0.717) is 25.1 Å². The maximum Gasteiger partial charge on any atom is 0.310 e. The highest BCUT2D eigenvalue weighted by atomic mass is 16.4. The molecular weight excluding hydrogens is 268 g/mol. The highest BCUT2D eigenvalue weighted by molar-refractivity contribution is 5.75. The quantitative estimate of drug-likeness (QED) is 0.932. The lowest BCUT2D eigenvalue weighted by Gasteiger charge is -2.32. The van der Waals surface area contributed by atoms with E-state index >= 15 is 0 Å². The third-order valence-corrected chi connectivity index (χ3v) is 4.30. The minimum Gasteiger partial charge on any atom is -0.481 e. The van der Waals surface area contributed by atoms with Crippen LogP contribution in [0.3, 0.4) is 0 Å². The first kappa shape index (κ1) is 13.7. The first-order valence-electron chi connectivity index (χ1n) is 7.27. The summed E-state index contributed by atoms with van der Waals surface area (Å²) < 4.78 is 1.64. The number of nitrogens with zero attached hydrogens (tertiary/aromatic N) is 4. The summed E-state index contributed by atoms with van der Waals surface area (Å²) in [7, 11) is 0. The SMILES string of the molecule is O=C(O)C1(Cc2nnnn2-c2ccccc2)CCCCC1. The minimum absolute atomic E-state index is 0.379. The highest BCUT2D eigenvalue weighted by Gasteiger charge is 2.41. The predicted octanol–water partition coefficient (Wildman–Crippen LogP) is 2.24. The predicted molar refractivity (Wildman–Crippen MR) is 76.0 cm³/mol. The molecule has 1 fully saturated rings. The Morgan fingerprint density at radius 2 is 1.90 bits per heavy atom. The van der Waals surface area contributed by atoms with Crippen LogP contribution in [0.5, 0.6) is 0 Å². The van der Waals surface area contributed by atoms with Crippen LogP contribution in [-0.2, 0) is 11.2 Å². The second-order valence-corrected chi connectivity index (χ2v) is 5.67. The fourth-order valence-corrected chi connectivity index (χ4v) is 3.08. The standard InChI is InChI=1S/C15H18N4O2/c20-14(21)15(9-5-2-6-10-15)11-13-16-17-18-19(13)12-7-3-1-4-8-12/h1,3-4,7-8H,2,5-6,9-11H2,(H,20,21). The molecule has 21 heavy (non-hydrogen) atoms. The monoisotopic (exact) mass is 286 g/mol. The molecule has 0 bridgehead atoms. The minimum atomic E-state index is -0.732. The van der Waals surface area contributed by atoms with E-state index in [1.54, 1.807) is 4.68 Å². The van der Waals surface area contributed by atoms with Crippen LogP contribution < -0.4 is 0 Å². The number of hydrogen-bond donors (Lipinski definition) is 1. The summed E-state index contributed by atoms with van der Waals surface area (Å²) in [6, 6.07) is 9.57. The van der Waals surface area contributed by atoms with Crippen molar-refractivity contribution in [3.8, 4) is 5.69 Å². The van der Waals surface area contributed by atoms with Crippen LogP contribution in [0, 0.1) is 5.41 Å². The fourth-order valence-electron chi connectivity index (χ4n) is 3.08. The number of benzene rings is 1. The van der Waals surface area contributed by atoms with Crippen molar-refractivity contribution in [1.82, 2.24) is 20.2 Å². The zero-order chi connectivity index (χ0) is 14.7. The number of tetrazole rings is 1. The van der Waals surface area contributed by atoms with Crippen LogP contribution in [0.25, 0.3) is 5.69 Å². The number of rotatable bonds is 4. The van der Waals surface area contributed by atoms with Crippen molar-refractivity contribution in [3.05, 3.63) is 36.2 Å². The number of carbonyl (C=O) groups is 1. The van der Waals surface area contributed by atoms with Gasteiger partial charge in [0, 0.05) is 6.42 Å². The first-order chi connectivity index (χ1) is 10.2. The van der Waals surface area contributed by atoms with Gasteiger partial charge in [-0.05, 0) is 35.4 Å². The molecule has 0 unspecified atom stereocenters. The molecule has 2 aromatic rings. The third kappa shape index (κ3) is 2.66. The molecule has 1 heterocycles. The van der Waals surface area contributed by atoms with Gasteiger partial charge >= 0.3 is 5.97 Å². The Morgan fingerprint density at radius 1 is 1.19 bits per heavy atom. The van der Waals surface area contributed by atoms with Crippen molar-refractivity contribution in [2.75, 3.05) is 0 Å². The number of aromatic nitrogens is 4. The molecule has 110 valence electrons. The first-order valence-corrected chi connectivity index (χ1v) is 7.27. The average Bonchev–Trinajstić information content (AvgIpc) is 2.97. The van der Waals surface area contributed by atoms with E-state index in [2.05, 4.69) is 15.5 Å². The van der Waals surface area contributed by atoms with Gasteiger partial charge in [0.2, 0.25) is 0 Å². The van der Waals surface area contributed by atoms with E-state index in [-0.39, 0.29) is 0 Å². The lowest BCUT2D eigenvalue weighted by Crippen LogP contribution is -2.36. The summed E-state index contributed by atoms with van der Waals surface area (Å²) in [5.74, 6) is -0.115. The Labute approximate surface area is 122 Å². The normalized spacial score (nSPS) is 17.5. The van der Waals surface area contributed by atoms with Gasteiger partial charge in [-0.1, -0.05) is 37.5 Å². The number of aliphatic carboxylic acids is 1. The third-order valence-electron chi connectivity index (χ3n) is 4.30. The molecule has 1 aromatic carbocycles. The van der Waals surface area contributed by atoms with Gasteiger partial charge in [0.05, 0.1) is 11.1 Å². The van der Waals surface area contributed by atoms with Crippen molar-refractivity contribution in [1.29, 1.82) is 0 Å². The molecule has 1 N–H and O–H groups in total. The van der Waals surface area contributed by atoms with Gasteiger partial charge in [-0.3, -0.25) is 4.79 Å². The molecule has 6 nitrogen and oxygen atoms in total. The van der Waals surface area contributed by atoms with Gasteiger partial charge < -0.3 is 5.11 Å². The number of carboxylic acid groups (broad SMARTS) is 1. The van der Waals surface area contributed by atoms with Gasteiger partial charge in [0.1, 0.15) is 0 Å². The number of hydrogen-bond acceptors (Lipinski definition) is 4. The van der Waals surface area contributed by atoms with Crippen LogP contribution in [-0.4, -0.2) is 31.3 Å². The molecule has 1 aliphatic rings. The van der Waals surface area contributed by atoms with Gasteiger partial charge in [0.25, 0.3) is 0 Å². The topological polar surface area (TPSA) is 80.9 Å². The average molecular weight is 286 g/mol. The summed E-state index contributed by atoms with van der Waals surface area (Å²) in [6.45, 7) is 0. The van der Waals surface area contributed by atoms with Crippen molar-refractivity contribution in [3.63, 3.8) is 0 Å². The molecule has 0 aliphatic heterocycles. The van der Waals surface area contributed by atoms with Crippen molar-refractivity contribution in [2.45, 2.75) is 38.5 Å². The van der Waals surface area contributed by atoms with E-state index in [0.717, 1.165) is 24.9 Å². The molecule has 1 aromatic heterocycles. The fraction of sp³-hybridized carbons (Fsp3) is 0.467. The maximum absolute atomic E-state index is 11.8. The lowest BCUT2D eigenvalue weighted by molar-refractivity contribution is -0.151. The largest absolute Gasteiger partial charge is 0.481 e. The molecule has 3 rings (SSSR count). The molecule has 1 saturated carbocycles. The van der Waals surface area contributed by atoms with E-state index < -0.39 is 11.4 Å². The molecule has 0 saturated heterocycles. The van der Waals surface area contributed by atoms with Crippen LogP contribution in [0.1, 0.15) is 37.9 Å².